The largest absolute Gasteiger partial charge is 0.401 e. The van der Waals surface area contributed by atoms with Crippen molar-refractivity contribution in [2.75, 3.05) is 20.1 Å². The number of benzene rings is 1. The first-order chi connectivity index (χ1) is 9.40. The van der Waals surface area contributed by atoms with Crippen LogP contribution in [-0.2, 0) is 0 Å². The average molecular weight is 286 g/mol. The fourth-order valence-corrected chi connectivity index (χ4v) is 2.57. The van der Waals surface area contributed by atoms with Crippen molar-refractivity contribution in [3.63, 3.8) is 0 Å². The maximum Gasteiger partial charge on any atom is 0.401 e. The zero-order valence-corrected chi connectivity index (χ0v) is 11.9. The van der Waals surface area contributed by atoms with Crippen LogP contribution in [0.15, 0.2) is 24.3 Å². The lowest BCUT2D eigenvalue weighted by Gasteiger charge is -2.29. The minimum atomic E-state index is -4.13. The van der Waals surface area contributed by atoms with Gasteiger partial charge in [0.25, 0.3) is 0 Å². The number of nitrogens with one attached hydrogen (secondary N) is 1. The number of hydrogen-bond acceptors (Lipinski definition) is 2. The minimum absolute atomic E-state index is 0.0702. The summed E-state index contributed by atoms with van der Waals surface area (Å²) in [5.41, 5.74) is 2.18. The zero-order valence-electron chi connectivity index (χ0n) is 11.9. The number of halogens is 3. The Kier molecular flexibility index (Phi) is 4.70. The van der Waals surface area contributed by atoms with E-state index in [4.69, 9.17) is 0 Å². The molecule has 0 amide bonds. The number of alkyl halides is 3. The van der Waals surface area contributed by atoms with Crippen LogP contribution in [0.25, 0.3) is 0 Å². The van der Waals surface area contributed by atoms with Crippen LogP contribution in [0, 0.1) is 6.92 Å². The highest BCUT2D eigenvalue weighted by molar-refractivity contribution is 5.29. The number of nitrogens with zero attached hydrogens (tertiary/aromatic N) is 1. The topological polar surface area (TPSA) is 15.3 Å². The van der Waals surface area contributed by atoms with Crippen LogP contribution in [0.5, 0.6) is 0 Å². The summed E-state index contributed by atoms with van der Waals surface area (Å²) in [6, 6.07) is 7.87. The highest BCUT2D eigenvalue weighted by Gasteiger charge is 2.38. The Balaban J connectivity index is 2.09. The molecule has 0 aliphatic heterocycles. The molecule has 1 unspecified atom stereocenters. The normalized spacial score (nSPS) is 17.5. The first kappa shape index (κ1) is 15.3. The SMILES string of the molecule is CNC(CN(CC(F)(F)F)C1CC1)c1ccccc1C. The van der Waals surface area contributed by atoms with Crippen LogP contribution in [0.4, 0.5) is 13.2 Å². The van der Waals surface area contributed by atoms with Gasteiger partial charge in [-0.1, -0.05) is 24.3 Å². The third kappa shape index (κ3) is 4.21. The Labute approximate surface area is 118 Å². The number of likely N-dealkylation sites (N-methyl/N-ethyl adjacent to an activating group) is 1. The second-order valence-corrected chi connectivity index (χ2v) is 5.47. The van der Waals surface area contributed by atoms with Gasteiger partial charge in [-0.25, -0.2) is 0 Å². The van der Waals surface area contributed by atoms with Gasteiger partial charge in [0.15, 0.2) is 0 Å². The summed E-state index contributed by atoms with van der Waals surface area (Å²) >= 11 is 0. The molecule has 0 bridgehead atoms. The molecule has 1 saturated carbocycles. The fraction of sp³-hybridized carbons (Fsp3) is 0.600. The molecule has 2 nitrogen and oxygen atoms in total. The average Bonchev–Trinajstić information content (AvgIpc) is 3.18. The number of rotatable bonds is 6. The summed E-state index contributed by atoms with van der Waals surface area (Å²) in [6.45, 7) is 1.57. The summed E-state index contributed by atoms with van der Waals surface area (Å²) in [5.74, 6) is 0. The molecule has 1 aliphatic rings. The molecule has 0 radical (unpaired) electrons. The predicted octanol–water partition coefficient (Wildman–Crippen LogP) is 3.28. The van der Waals surface area contributed by atoms with E-state index >= 15 is 0 Å². The van der Waals surface area contributed by atoms with Crippen molar-refractivity contribution in [3.8, 4) is 0 Å². The van der Waals surface area contributed by atoms with Gasteiger partial charge in [0, 0.05) is 18.6 Å². The second kappa shape index (κ2) is 6.14. The quantitative estimate of drug-likeness (QED) is 0.863. The number of aryl methyl sites for hydroxylation is 1. The van der Waals surface area contributed by atoms with E-state index in [1.807, 2.05) is 31.2 Å². The molecular formula is C15H21F3N2. The smallest absolute Gasteiger partial charge is 0.312 e. The molecular weight excluding hydrogens is 265 g/mol. The van der Waals surface area contributed by atoms with E-state index in [1.54, 1.807) is 11.9 Å². The van der Waals surface area contributed by atoms with Gasteiger partial charge >= 0.3 is 6.18 Å². The summed E-state index contributed by atoms with van der Waals surface area (Å²) < 4.78 is 38.0. The Bertz CT molecular complexity index is 441. The highest BCUT2D eigenvalue weighted by Crippen LogP contribution is 2.32. The van der Waals surface area contributed by atoms with Gasteiger partial charge < -0.3 is 5.32 Å². The van der Waals surface area contributed by atoms with Crippen LogP contribution >= 0.6 is 0 Å². The number of hydrogen-bond donors (Lipinski definition) is 1. The van der Waals surface area contributed by atoms with Crippen LogP contribution in [-0.4, -0.2) is 37.3 Å². The van der Waals surface area contributed by atoms with E-state index in [9.17, 15) is 13.2 Å². The van der Waals surface area contributed by atoms with E-state index < -0.39 is 12.7 Å². The monoisotopic (exact) mass is 286 g/mol. The second-order valence-electron chi connectivity index (χ2n) is 5.47. The van der Waals surface area contributed by atoms with Gasteiger partial charge in [0.1, 0.15) is 0 Å². The molecule has 20 heavy (non-hydrogen) atoms. The third-order valence-electron chi connectivity index (χ3n) is 3.78. The zero-order chi connectivity index (χ0) is 14.8. The molecule has 0 spiro atoms. The molecule has 1 fully saturated rings. The molecule has 112 valence electrons. The van der Waals surface area contributed by atoms with Gasteiger partial charge in [-0.2, -0.15) is 13.2 Å². The van der Waals surface area contributed by atoms with Gasteiger partial charge in [-0.05, 0) is 37.9 Å². The molecule has 0 heterocycles. The van der Waals surface area contributed by atoms with Crippen LogP contribution in [0.3, 0.4) is 0 Å². The molecule has 1 atom stereocenters. The Morgan fingerprint density at radius 3 is 2.45 bits per heavy atom. The van der Waals surface area contributed by atoms with Crippen LogP contribution in [0.1, 0.15) is 30.0 Å². The summed E-state index contributed by atoms with van der Waals surface area (Å²) in [5, 5.41) is 3.15. The van der Waals surface area contributed by atoms with E-state index in [-0.39, 0.29) is 12.1 Å². The Morgan fingerprint density at radius 2 is 1.95 bits per heavy atom. The molecule has 0 saturated heterocycles. The molecule has 5 heteroatoms. The van der Waals surface area contributed by atoms with E-state index in [2.05, 4.69) is 5.32 Å². The summed E-state index contributed by atoms with van der Waals surface area (Å²) in [4.78, 5) is 1.56. The maximum absolute atomic E-state index is 12.7. The Hall–Kier alpha value is -1.07. The summed E-state index contributed by atoms with van der Waals surface area (Å²) in [7, 11) is 1.80. The first-order valence-electron chi connectivity index (χ1n) is 6.94. The lowest BCUT2D eigenvalue weighted by atomic mass is 10.0. The van der Waals surface area contributed by atoms with Gasteiger partial charge in [0.2, 0.25) is 0 Å². The van der Waals surface area contributed by atoms with Crippen molar-refractivity contribution < 1.29 is 13.2 Å². The van der Waals surface area contributed by atoms with E-state index in [0.29, 0.717) is 6.54 Å². The van der Waals surface area contributed by atoms with Crippen molar-refractivity contribution in [2.45, 2.75) is 38.0 Å². The first-order valence-corrected chi connectivity index (χ1v) is 6.94. The van der Waals surface area contributed by atoms with Crippen LogP contribution < -0.4 is 5.32 Å². The molecule has 1 aromatic rings. The van der Waals surface area contributed by atoms with Crippen molar-refractivity contribution in [2.24, 2.45) is 0 Å². The van der Waals surface area contributed by atoms with Gasteiger partial charge in [-0.3, -0.25) is 4.90 Å². The highest BCUT2D eigenvalue weighted by atomic mass is 19.4. The minimum Gasteiger partial charge on any atom is -0.312 e. The van der Waals surface area contributed by atoms with Crippen molar-refractivity contribution in [3.05, 3.63) is 35.4 Å². The molecule has 1 aliphatic carbocycles. The van der Waals surface area contributed by atoms with Crippen LogP contribution in [0.2, 0.25) is 0 Å². The van der Waals surface area contributed by atoms with Crippen molar-refractivity contribution in [1.82, 2.24) is 10.2 Å². The third-order valence-corrected chi connectivity index (χ3v) is 3.78. The van der Waals surface area contributed by atoms with Crippen molar-refractivity contribution in [1.29, 1.82) is 0 Å². The Morgan fingerprint density at radius 1 is 1.30 bits per heavy atom. The van der Waals surface area contributed by atoms with Gasteiger partial charge in [0.05, 0.1) is 6.54 Å². The van der Waals surface area contributed by atoms with E-state index in [0.717, 1.165) is 24.0 Å². The summed E-state index contributed by atoms with van der Waals surface area (Å²) in [6.07, 6.45) is -2.38. The lowest BCUT2D eigenvalue weighted by Crippen LogP contribution is -2.41. The predicted molar refractivity (Wildman–Crippen MR) is 73.6 cm³/mol. The fourth-order valence-electron chi connectivity index (χ4n) is 2.57. The van der Waals surface area contributed by atoms with Gasteiger partial charge in [-0.15, -0.1) is 0 Å². The van der Waals surface area contributed by atoms with Crippen molar-refractivity contribution >= 4 is 0 Å². The maximum atomic E-state index is 12.7. The molecule has 1 aromatic carbocycles. The molecule has 1 N–H and O–H groups in total. The molecule has 0 aromatic heterocycles. The van der Waals surface area contributed by atoms with E-state index in [1.165, 1.54) is 0 Å². The standard InChI is InChI=1S/C15H21F3N2/c1-11-5-3-4-6-13(11)14(19-2)9-20(12-7-8-12)10-15(16,17)18/h3-6,12,14,19H,7-10H2,1-2H3. The lowest BCUT2D eigenvalue weighted by molar-refractivity contribution is -0.147. The molecule has 2 rings (SSSR count).